The highest BCUT2D eigenvalue weighted by molar-refractivity contribution is 5.96. The van der Waals surface area contributed by atoms with Gasteiger partial charge in [-0.3, -0.25) is 14.5 Å². The molecule has 2 aliphatic heterocycles. The van der Waals surface area contributed by atoms with Crippen LogP contribution >= 0.6 is 0 Å². The van der Waals surface area contributed by atoms with E-state index in [2.05, 4.69) is 11.0 Å². The molecule has 6 heteroatoms. The van der Waals surface area contributed by atoms with Crippen LogP contribution in [0.1, 0.15) is 24.8 Å². The maximum Gasteiger partial charge on any atom is 0.241 e. The Bertz CT molecular complexity index is 611. The summed E-state index contributed by atoms with van der Waals surface area (Å²) in [6.07, 6.45) is 3.33. The predicted molar refractivity (Wildman–Crippen MR) is 98.4 cm³/mol. The predicted octanol–water partition coefficient (Wildman–Crippen LogP) is 0.849. The number of benzene rings is 1. The standard InChI is InChI=1S/C19H28N4O2/c20-9-3-8-18(24)22-13-11-21(12-14-22)15-19(25)23-10-4-6-16-5-1-2-7-17(16)23/h1-2,5,7H,3-4,6,8-15,20H2. The second kappa shape index (κ2) is 8.45. The minimum absolute atomic E-state index is 0.162. The fourth-order valence-electron chi connectivity index (χ4n) is 3.64. The van der Waals surface area contributed by atoms with Crippen LogP contribution in [-0.4, -0.2) is 67.4 Å². The van der Waals surface area contributed by atoms with Crippen LogP contribution < -0.4 is 10.6 Å². The van der Waals surface area contributed by atoms with Gasteiger partial charge in [-0.2, -0.15) is 0 Å². The summed E-state index contributed by atoms with van der Waals surface area (Å²) < 4.78 is 0. The van der Waals surface area contributed by atoms with Crippen molar-refractivity contribution >= 4 is 17.5 Å². The van der Waals surface area contributed by atoms with Gasteiger partial charge in [0.1, 0.15) is 0 Å². The molecule has 2 aliphatic rings. The fraction of sp³-hybridized carbons (Fsp3) is 0.579. The van der Waals surface area contributed by atoms with Gasteiger partial charge in [0.2, 0.25) is 11.8 Å². The summed E-state index contributed by atoms with van der Waals surface area (Å²) in [4.78, 5) is 30.8. The molecule has 2 amide bonds. The highest BCUT2D eigenvalue weighted by Gasteiger charge is 2.26. The van der Waals surface area contributed by atoms with Crippen molar-refractivity contribution in [3.8, 4) is 0 Å². The largest absolute Gasteiger partial charge is 0.340 e. The highest BCUT2D eigenvalue weighted by Crippen LogP contribution is 2.26. The van der Waals surface area contributed by atoms with Crippen molar-refractivity contribution in [2.75, 3.05) is 50.7 Å². The number of rotatable bonds is 5. The molecule has 0 saturated carbocycles. The smallest absolute Gasteiger partial charge is 0.241 e. The minimum atomic E-state index is 0.162. The Labute approximate surface area is 149 Å². The lowest BCUT2D eigenvalue weighted by atomic mass is 10.0. The van der Waals surface area contributed by atoms with Gasteiger partial charge >= 0.3 is 0 Å². The van der Waals surface area contributed by atoms with Gasteiger partial charge in [0.25, 0.3) is 0 Å². The van der Waals surface area contributed by atoms with Gasteiger partial charge in [-0.05, 0) is 37.4 Å². The molecule has 6 nitrogen and oxygen atoms in total. The van der Waals surface area contributed by atoms with Crippen LogP contribution in [0.15, 0.2) is 24.3 Å². The van der Waals surface area contributed by atoms with Gasteiger partial charge in [0.05, 0.1) is 6.54 Å². The molecule has 2 heterocycles. The van der Waals surface area contributed by atoms with Gasteiger partial charge in [-0.1, -0.05) is 18.2 Å². The Balaban J connectivity index is 1.51. The number of hydrogen-bond acceptors (Lipinski definition) is 4. The van der Waals surface area contributed by atoms with Gasteiger partial charge in [-0.15, -0.1) is 0 Å². The van der Waals surface area contributed by atoms with Crippen molar-refractivity contribution in [1.29, 1.82) is 0 Å². The van der Waals surface area contributed by atoms with E-state index in [-0.39, 0.29) is 11.8 Å². The number of fused-ring (bicyclic) bond motifs is 1. The Morgan fingerprint density at radius 1 is 1.00 bits per heavy atom. The van der Waals surface area contributed by atoms with E-state index in [0.29, 0.717) is 32.6 Å². The number of carbonyl (C=O) groups excluding carboxylic acids is 2. The number of hydrogen-bond donors (Lipinski definition) is 1. The molecule has 1 fully saturated rings. The average Bonchev–Trinajstić information content (AvgIpc) is 2.66. The number of amides is 2. The molecule has 2 N–H and O–H groups in total. The van der Waals surface area contributed by atoms with Crippen LogP contribution in [0.5, 0.6) is 0 Å². The SMILES string of the molecule is NCCCC(=O)N1CCN(CC(=O)N2CCCc3ccccc32)CC1. The molecule has 0 radical (unpaired) electrons. The summed E-state index contributed by atoms with van der Waals surface area (Å²) >= 11 is 0. The summed E-state index contributed by atoms with van der Waals surface area (Å²) in [6, 6.07) is 8.19. The number of nitrogens with two attached hydrogens (primary N) is 1. The molecule has 1 aromatic rings. The van der Waals surface area contributed by atoms with Crippen molar-refractivity contribution in [3.05, 3.63) is 29.8 Å². The van der Waals surface area contributed by atoms with Crippen molar-refractivity contribution < 1.29 is 9.59 Å². The first-order valence-electron chi connectivity index (χ1n) is 9.27. The molecule has 3 rings (SSSR count). The van der Waals surface area contributed by atoms with Crippen LogP contribution in [0.4, 0.5) is 5.69 Å². The molecule has 0 aliphatic carbocycles. The average molecular weight is 344 g/mol. The van der Waals surface area contributed by atoms with Gasteiger partial charge in [-0.25, -0.2) is 0 Å². The molecule has 1 saturated heterocycles. The van der Waals surface area contributed by atoms with Crippen molar-refractivity contribution in [1.82, 2.24) is 9.80 Å². The van der Waals surface area contributed by atoms with E-state index in [0.717, 1.165) is 44.6 Å². The Hall–Kier alpha value is -1.92. The molecule has 0 unspecified atom stereocenters. The third-order valence-electron chi connectivity index (χ3n) is 5.09. The van der Waals surface area contributed by atoms with E-state index in [1.54, 1.807) is 0 Å². The number of nitrogens with zero attached hydrogens (tertiary/aromatic N) is 3. The summed E-state index contributed by atoms with van der Waals surface area (Å²) in [7, 11) is 0. The van der Waals surface area contributed by atoms with Crippen molar-refractivity contribution in [3.63, 3.8) is 0 Å². The molecule has 0 spiro atoms. The lowest BCUT2D eigenvalue weighted by Crippen LogP contribution is -2.52. The summed E-state index contributed by atoms with van der Waals surface area (Å²) in [5.41, 5.74) is 7.79. The third-order valence-corrected chi connectivity index (χ3v) is 5.09. The molecule has 0 atom stereocenters. The Morgan fingerprint density at radius 3 is 2.52 bits per heavy atom. The number of aryl methyl sites for hydroxylation is 1. The molecular formula is C19H28N4O2. The van der Waals surface area contributed by atoms with Crippen LogP contribution in [0.25, 0.3) is 0 Å². The quantitative estimate of drug-likeness (QED) is 0.860. The number of para-hydroxylation sites is 1. The Kier molecular flexibility index (Phi) is 6.04. The zero-order valence-electron chi connectivity index (χ0n) is 14.8. The van der Waals surface area contributed by atoms with Crippen molar-refractivity contribution in [2.45, 2.75) is 25.7 Å². The summed E-state index contributed by atoms with van der Waals surface area (Å²) in [5, 5.41) is 0. The highest BCUT2D eigenvalue weighted by atomic mass is 16.2. The summed E-state index contributed by atoms with van der Waals surface area (Å²) in [6.45, 7) is 4.70. The number of carbonyl (C=O) groups is 2. The maximum absolute atomic E-state index is 12.8. The van der Waals surface area contributed by atoms with E-state index in [1.807, 2.05) is 28.0 Å². The van der Waals surface area contributed by atoms with E-state index in [1.165, 1.54) is 5.56 Å². The second-order valence-electron chi connectivity index (χ2n) is 6.83. The first kappa shape index (κ1) is 17.9. The van der Waals surface area contributed by atoms with Crippen LogP contribution in [-0.2, 0) is 16.0 Å². The maximum atomic E-state index is 12.8. The van der Waals surface area contributed by atoms with Crippen LogP contribution in [0.3, 0.4) is 0 Å². The molecule has 1 aromatic carbocycles. The monoisotopic (exact) mass is 344 g/mol. The minimum Gasteiger partial charge on any atom is -0.340 e. The van der Waals surface area contributed by atoms with Crippen LogP contribution in [0.2, 0.25) is 0 Å². The molecule has 136 valence electrons. The lowest BCUT2D eigenvalue weighted by molar-refractivity contribution is -0.133. The first-order chi connectivity index (χ1) is 12.2. The van der Waals surface area contributed by atoms with E-state index in [9.17, 15) is 9.59 Å². The van der Waals surface area contributed by atoms with Crippen molar-refractivity contribution in [2.24, 2.45) is 5.73 Å². The molecular weight excluding hydrogens is 316 g/mol. The van der Waals surface area contributed by atoms with Gasteiger partial charge < -0.3 is 15.5 Å². The summed E-state index contributed by atoms with van der Waals surface area (Å²) in [5.74, 6) is 0.344. The lowest BCUT2D eigenvalue weighted by Gasteiger charge is -2.36. The number of anilines is 1. The first-order valence-corrected chi connectivity index (χ1v) is 9.27. The fourth-order valence-corrected chi connectivity index (χ4v) is 3.64. The van der Waals surface area contributed by atoms with E-state index < -0.39 is 0 Å². The molecule has 0 bridgehead atoms. The zero-order chi connectivity index (χ0) is 17.6. The normalized spacial score (nSPS) is 18.1. The van der Waals surface area contributed by atoms with E-state index in [4.69, 9.17) is 5.73 Å². The zero-order valence-corrected chi connectivity index (χ0v) is 14.8. The molecule has 0 aromatic heterocycles. The van der Waals surface area contributed by atoms with E-state index >= 15 is 0 Å². The van der Waals surface area contributed by atoms with Gasteiger partial charge in [0, 0.05) is 44.8 Å². The third kappa shape index (κ3) is 4.38. The van der Waals surface area contributed by atoms with Crippen LogP contribution in [0, 0.1) is 0 Å². The second-order valence-corrected chi connectivity index (χ2v) is 6.83. The van der Waals surface area contributed by atoms with Gasteiger partial charge in [0.15, 0.2) is 0 Å². The Morgan fingerprint density at radius 2 is 1.76 bits per heavy atom. The number of piperazine rings is 1. The molecule has 25 heavy (non-hydrogen) atoms. The topological polar surface area (TPSA) is 69.9 Å².